The van der Waals surface area contributed by atoms with Gasteiger partial charge in [-0.2, -0.15) is 0 Å². The lowest BCUT2D eigenvalue weighted by molar-refractivity contribution is -0.659. The molecule has 2 nitrogen and oxygen atoms in total. The molecule has 1 aromatic heterocycles. The first kappa shape index (κ1) is 26.1. The Balaban J connectivity index is 1.77. The molecule has 39 heavy (non-hydrogen) atoms. The van der Waals surface area contributed by atoms with Crippen LogP contribution in [0.3, 0.4) is 0 Å². The molecule has 5 aromatic rings. The molecule has 6 rings (SSSR count). The summed E-state index contributed by atoms with van der Waals surface area (Å²) in [6.07, 6.45) is 4.35. The average molecular weight is 533 g/mol. The number of pyridine rings is 1. The first-order valence-electron chi connectivity index (χ1n) is 14.6. The Morgan fingerprint density at radius 1 is 0.821 bits per heavy atom. The van der Waals surface area contributed by atoms with Crippen LogP contribution in [0.2, 0.25) is 19.6 Å². The van der Waals surface area contributed by atoms with E-state index in [4.69, 9.17) is 4.74 Å². The number of hydrogen-bond donors (Lipinski definition) is 0. The molecule has 0 spiro atoms. The van der Waals surface area contributed by atoms with Gasteiger partial charge < -0.3 is 4.74 Å². The summed E-state index contributed by atoms with van der Waals surface area (Å²) in [5.74, 6) is 3.21. The van der Waals surface area contributed by atoms with E-state index in [1.165, 1.54) is 65.5 Å². The lowest BCUT2D eigenvalue weighted by Gasteiger charge is -2.27. The topological polar surface area (TPSA) is 13.1 Å². The number of hydrogen-bond acceptors (Lipinski definition) is 1. The summed E-state index contributed by atoms with van der Waals surface area (Å²) >= 11 is 0. The van der Waals surface area contributed by atoms with E-state index in [1.54, 1.807) is 0 Å². The molecule has 2 heterocycles. The number of rotatable bonds is 5. The minimum absolute atomic E-state index is 0.529. The smallest absolute Gasteiger partial charge is 0.228 e. The number of ether oxygens (including phenoxy) is 1. The molecule has 0 unspecified atom stereocenters. The van der Waals surface area contributed by atoms with Crippen LogP contribution in [0.4, 0.5) is 0 Å². The van der Waals surface area contributed by atoms with Crippen molar-refractivity contribution >= 4 is 45.6 Å². The Hall–Kier alpha value is -3.17. The van der Waals surface area contributed by atoms with Gasteiger partial charge >= 0.3 is 0 Å². The van der Waals surface area contributed by atoms with Gasteiger partial charge in [-0.15, -0.1) is 0 Å². The fourth-order valence-electron chi connectivity index (χ4n) is 6.78. The van der Waals surface area contributed by atoms with Gasteiger partial charge in [0.2, 0.25) is 5.69 Å². The normalized spacial score (nSPS) is 13.1. The molecule has 4 aromatic carbocycles. The molecule has 0 atom stereocenters. The van der Waals surface area contributed by atoms with Crippen LogP contribution in [0.15, 0.2) is 54.7 Å². The van der Waals surface area contributed by atoms with Crippen LogP contribution in [-0.4, -0.2) is 8.07 Å². The highest BCUT2D eigenvalue weighted by atomic mass is 28.3. The van der Waals surface area contributed by atoms with Gasteiger partial charge in [-0.3, -0.25) is 0 Å². The molecule has 3 heteroatoms. The Morgan fingerprint density at radius 2 is 1.56 bits per heavy atom. The molecular weight excluding hydrogens is 490 g/mol. The van der Waals surface area contributed by atoms with Gasteiger partial charge in [-0.05, 0) is 70.3 Å². The molecule has 0 fully saturated rings. The fraction of sp³-hybridized carbons (Fsp3) is 0.361. The molecular formula is C36H42NOSi+. The first-order chi connectivity index (χ1) is 18.5. The van der Waals surface area contributed by atoms with E-state index in [-0.39, 0.29) is 0 Å². The maximum atomic E-state index is 7.05. The Kier molecular flexibility index (Phi) is 6.15. The van der Waals surface area contributed by atoms with E-state index in [0.29, 0.717) is 11.8 Å². The van der Waals surface area contributed by atoms with E-state index in [1.807, 2.05) is 0 Å². The monoisotopic (exact) mass is 532 g/mol. The maximum absolute atomic E-state index is 7.05. The number of aryl methyl sites for hydroxylation is 2. The molecule has 0 aliphatic carbocycles. The van der Waals surface area contributed by atoms with Crippen molar-refractivity contribution in [2.45, 2.75) is 67.1 Å². The second kappa shape index (κ2) is 9.20. The van der Waals surface area contributed by atoms with E-state index < -0.39 is 8.07 Å². The van der Waals surface area contributed by atoms with Crippen LogP contribution in [0, 0.1) is 18.8 Å². The highest BCUT2D eigenvalue weighted by Crippen LogP contribution is 2.52. The summed E-state index contributed by atoms with van der Waals surface area (Å²) in [6.45, 7) is 18.9. The van der Waals surface area contributed by atoms with E-state index in [2.05, 4.69) is 121 Å². The molecule has 1 aliphatic heterocycles. The van der Waals surface area contributed by atoms with E-state index in [9.17, 15) is 0 Å². The second-order valence-corrected chi connectivity index (χ2v) is 18.6. The van der Waals surface area contributed by atoms with Crippen molar-refractivity contribution in [3.05, 3.63) is 71.4 Å². The van der Waals surface area contributed by atoms with Crippen molar-refractivity contribution in [2.75, 3.05) is 0 Å². The van der Waals surface area contributed by atoms with Gasteiger partial charge in [-0.25, -0.2) is 4.57 Å². The summed E-state index contributed by atoms with van der Waals surface area (Å²) in [6, 6.07) is 18.6. The summed E-state index contributed by atoms with van der Waals surface area (Å²) in [7, 11) is 0.628. The summed E-state index contributed by atoms with van der Waals surface area (Å²) in [5.41, 5.74) is 6.64. The number of fused-ring (bicyclic) bond motifs is 5. The molecule has 0 saturated heterocycles. The van der Waals surface area contributed by atoms with Gasteiger partial charge in [0.05, 0.1) is 19.0 Å². The van der Waals surface area contributed by atoms with Crippen LogP contribution in [0.5, 0.6) is 11.5 Å². The van der Waals surface area contributed by atoms with Crippen molar-refractivity contribution in [2.24, 2.45) is 18.9 Å². The van der Waals surface area contributed by atoms with Crippen LogP contribution >= 0.6 is 0 Å². The van der Waals surface area contributed by atoms with Crippen LogP contribution in [0.1, 0.15) is 44.4 Å². The number of nitrogens with zero attached hydrogens (tertiary/aromatic N) is 1. The number of benzene rings is 4. The molecule has 200 valence electrons. The zero-order chi connectivity index (χ0) is 27.8. The van der Waals surface area contributed by atoms with Crippen molar-refractivity contribution < 1.29 is 9.30 Å². The van der Waals surface area contributed by atoms with Gasteiger partial charge in [0.15, 0.2) is 6.20 Å². The predicted octanol–water partition coefficient (Wildman–Crippen LogP) is 8.99. The highest BCUT2D eigenvalue weighted by molar-refractivity contribution is 6.90. The molecule has 0 amide bonds. The van der Waals surface area contributed by atoms with Crippen molar-refractivity contribution in [1.29, 1.82) is 0 Å². The first-order valence-corrected chi connectivity index (χ1v) is 18.1. The summed E-state index contributed by atoms with van der Waals surface area (Å²) in [5, 5.41) is 9.49. The Labute approximate surface area is 234 Å². The molecule has 0 radical (unpaired) electrons. The van der Waals surface area contributed by atoms with E-state index in [0.717, 1.165) is 24.3 Å². The quantitative estimate of drug-likeness (QED) is 0.123. The third-order valence-corrected chi connectivity index (χ3v) is 10.5. The molecule has 0 N–H and O–H groups in total. The SMILES string of the molecule is Cc1c2c(c(CC(C)C)c3ccc(CC(C)C)cc13)Oc1cc3cccc([Si](C)(C)C)c3c3cc[n+](C)c-2c13. The summed E-state index contributed by atoms with van der Waals surface area (Å²) in [4.78, 5) is 0. The van der Waals surface area contributed by atoms with Crippen LogP contribution < -0.4 is 14.5 Å². The van der Waals surface area contributed by atoms with Gasteiger partial charge in [0.25, 0.3) is 0 Å². The predicted molar refractivity (Wildman–Crippen MR) is 170 cm³/mol. The van der Waals surface area contributed by atoms with E-state index >= 15 is 0 Å². The second-order valence-electron chi connectivity index (χ2n) is 13.6. The lowest BCUT2D eigenvalue weighted by atomic mass is 9.84. The molecule has 0 saturated carbocycles. The zero-order valence-electron chi connectivity index (χ0n) is 25.1. The van der Waals surface area contributed by atoms with Gasteiger partial charge in [0, 0.05) is 17.0 Å². The van der Waals surface area contributed by atoms with Crippen LogP contribution in [-0.2, 0) is 19.9 Å². The van der Waals surface area contributed by atoms with Gasteiger partial charge in [-0.1, -0.05) is 88.9 Å². The largest absolute Gasteiger partial charge is 0.455 e. The zero-order valence-corrected chi connectivity index (χ0v) is 26.1. The summed E-state index contributed by atoms with van der Waals surface area (Å²) < 4.78 is 9.38. The van der Waals surface area contributed by atoms with Crippen molar-refractivity contribution in [1.82, 2.24) is 0 Å². The third kappa shape index (κ3) is 4.17. The van der Waals surface area contributed by atoms with Crippen molar-refractivity contribution in [3.63, 3.8) is 0 Å². The lowest BCUT2D eigenvalue weighted by Crippen LogP contribution is -2.38. The molecule has 1 aliphatic rings. The number of aromatic nitrogens is 1. The molecule has 0 bridgehead atoms. The highest BCUT2D eigenvalue weighted by Gasteiger charge is 2.34. The van der Waals surface area contributed by atoms with Gasteiger partial charge in [0.1, 0.15) is 18.5 Å². The standard InChI is InChI=1S/C36H42NOSi/c1-21(2)17-24-13-14-26-28(19-24)23(5)32-35-34-27(15-16-37(35)6)33-25(11-10-12-31(33)39(7,8)9)20-30(34)38-36(32)29(26)18-22(3)4/h10-16,19-22H,17-18H2,1-9H3/q+1. The fourth-order valence-corrected chi connectivity index (χ4v) is 8.40. The average Bonchev–Trinajstić information content (AvgIpc) is 2.86. The Bertz CT molecular complexity index is 1790. The maximum Gasteiger partial charge on any atom is 0.228 e. The Morgan fingerprint density at radius 3 is 2.26 bits per heavy atom. The third-order valence-electron chi connectivity index (χ3n) is 8.43. The van der Waals surface area contributed by atoms with Crippen LogP contribution in [0.25, 0.3) is 43.6 Å². The minimum Gasteiger partial charge on any atom is -0.455 e. The minimum atomic E-state index is -1.57. The van der Waals surface area contributed by atoms with Crippen molar-refractivity contribution in [3.8, 4) is 22.8 Å².